The monoisotopic (exact) mass is 266 g/mol. The number of para-hydroxylation sites is 3. The van der Waals surface area contributed by atoms with Crippen LogP contribution in [-0.2, 0) is 0 Å². The zero-order chi connectivity index (χ0) is 14.1. The van der Waals surface area contributed by atoms with Gasteiger partial charge in [-0.15, -0.1) is 0 Å². The minimum atomic E-state index is -0.446. The van der Waals surface area contributed by atoms with Crippen LogP contribution in [0.1, 0.15) is 10.5 Å². The Kier molecular flexibility index (Phi) is 2.80. The van der Waals surface area contributed by atoms with Crippen LogP contribution in [0.2, 0.25) is 0 Å². The topological polar surface area (TPSA) is 65.1 Å². The lowest BCUT2D eigenvalue weighted by molar-refractivity contribution is -0.384. The summed E-state index contributed by atoms with van der Waals surface area (Å²) < 4.78 is 1.61. The lowest BCUT2D eigenvalue weighted by Crippen LogP contribution is -2.02. The predicted octanol–water partition coefficient (Wildman–Crippen LogP) is 3.35. The van der Waals surface area contributed by atoms with Crippen molar-refractivity contribution in [3.63, 3.8) is 0 Å². The number of hydrogen-bond donors (Lipinski definition) is 0. The van der Waals surface area contributed by atoms with Crippen molar-refractivity contribution in [3.05, 3.63) is 70.4 Å². The van der Waals surface area contributed by atoms with Crippen molar-refractivity contribution in [1.82, 2.24) is 4.57 Å². The first-order valence-corrected chi connectivity index (χ1v) is 6.02. The maximum absolute atomic E-state index is 11.3. The molecule has 0 saturated heterocycles. The molecule has 0 spiro atoms. The Labute approximate surface area is 114 Å². The molecule has 0 fully saturated rings. The quantitative estimate of drug-likeness (QED) is 0.415. The van der Waals surface area contributed by atoms with E-state index >= 15 is 0 Å². The van der Waals surface area contributed by atoms with E-state index in [9.17, 15) is 14.9 Å². The standard InChI is InChI=1S/C15H10N2O3/c18-10-12-9-11-5-1-2-6-13(11)16(12)14-7-3-4-8-15(14)17(19)20/h1-10H. The largest absolute Gasteiger partial charge is 0.301 e. The van der Waals surface area contributed by atoms with Gasteiger partial charge in [-0.05, 0) is 18.2 Å². The highest BCUT2D eigenvalue weighted by molar-refractivity contribution is 5.91. The van der Waals surface area contributed by atoms with Crippen molar-refractivity contribution in [2.24, 2.45) is 0 Å². The highest BCUT2D eigenvalue weighted by atomic mass is 16.6. The molecule has 0 bridgehead atoms. The SMILES string of the molecule is O=Cc1cc2ccccc2n1-c1ccccc1[N+](=O)[O-]. The number of hydrogen-bond acceptors (Lipinski definition) is 3. The molecule has 0 N–H and O–H groups in total. The second kappa shape index (κ2) is 4.62. The van der Waals surface area contributed by atoms with Crippen LogP contribution < -0.4 is 0 Å². The maximum Gasteiger partial charge on any atom is 0.293 e. The van der Waals surface area contributed by atoms with Gasteiger partial charge in [-0.3, -0.25) is 14.9 Å². The van der Waals surface area contributed by atoms with Crippen LogP contribution in [-0.4, -0.2) is 15.8 Å². The van der Waals surface area contributed by atoms with Crippen molar-refractivity contribution in [2.45, 2.75) is 0 Å². The Morgan fingerprint density at radius 2 is 1.75 bits per heavy atom. The Hall–Kier alpha value is -2.95. The van der Waals surface area contributed by atoms with Crippen LogP contribution in [0.5, 0.6) is 0 Å². The molecule has 0 atom stereocenters. The number of aldehydes is 1. The van der Waals surface area contributed by atoms with Crippen molar-refractivity contribution in [1.29, 1.82) is 0 Å². The zero-order valence-corrected chi connectivity index (χ0v) is 10.4. The fourth-order valence-corrected chi connectivity index (χ4v) is 2.34. The van der Waals surface area contributed by atoms with Gasteiger partial charge in [0.05, 0.1) is 16.1 Å². The Morgan fingerprint density at radius 3 is 2.50 bits per heavy atom. The van der Waals surface area contributed by atoms with Gasteiger partial charge in [-0.25, -0.2) is 0 Å². The van der Waals surface area contributed by atoms with Crippen molar-refractivity contribution >= 4 is 22.9 Å². The average Bonchev–Trinajstić information content (AvgIpc) is 2.85. The number of nitro groups is 1. The fourth-order valence-electron chi connectivity index (χ4n) is 2.34. The van der Waals surface area contributed by atoms with Crippen LogP contribution in [0.25, 0.3) is 16.6 Å². The van der Waals surface area contributed by atoms with E-state index in [0.29, 0.717) is 17.7 Å². The first-order chi connectivity index (χ1) is 9.72. The first-order valence-electron chi connectivity index (χ1n) is 6.02. The molecule has 1 heterocycles. The van der Waals surface area contributed by atoms with Crippen molar-refractivity contribution in [2.75, 3.05) is 0 Å². The number of rotatable bonds is 3. The summed E-state index contributed by atoms with van der Waals surface area (Å²) in [6.07, 6.45) is 0.705. The average molecular weight is 266 g/mol. The number of carbonyl (C=O) groups excluding carboxylic acids is 1. The highest BCUT2D eigenvalue weighted by Crippen LogP contribution is 2.29. The molecule has 3 aromatic rings. The molecule has 5 heteroatoms. The van der Waals surface area contributed by atoms with Gasteiger partial charge in [0.1, 0.15) is 5.69 Å². The molecule has 98 valence electrons. The summed E-state index contributed by atoms with van der Waals surface area (Å²) in [6, 6.07) is 15.5. The summed E-state index contributed by atoms with van der Waals surface area (Å²) in [5.74, 6) is 0. The zero-order valence-electron chi connectivity index (χ0n) is 10.4. The number of aromatic nitrogens is 1. The lowest BCUT2D eigenvalue weighted by atomic mass is 10.2. The molecule has 3 rings (SSSR count). The minimum absolute atomic E-state index is 0.0306. The molecular weight excluding hydrogens is 256 g/mol. The summed E-state index contributed by atoms with van der Waals surface area (Å²) >= 11 is 0. The van der Waals surface area contributed by atoms with E-state index in [1.165, 1.54) is 6.07 Å². The second-order valence-electron chi connectivity index (χ2n) is 4.33. The summed E-state index contributed by atoms with van der Waals surface area (Å²) in [6.45, 7) is 0. The van der Waals surface area contributed by atoms with E-state index in [-0.39, 0.29) is 5.69 Å². The first kappa shape index (κ1) is 12.1. The predicted molar refractivity (Wildman–Crippen MR) is 75.3 cm³/mol. The van der Waals surface area contributed by atoms with E-state index in [2.05, 4.69) is 0 Å². The summed E-state index contributed by atoms with van der Waals surface area (Å²) in [7, 11) is 0. The molecule has 1 aromatic heterocycles. The van der Waals surface area contributed by atoms with Gasteiger partial charge < -0.3 is 4.57 Å². The normalized spacial score (nSPS) is 10.6. The number of nitro benzene ring substituents is 1. The molecule has 20 heavy (non-hydrogen) atoms. The van der Waals surface area contributed by atoms with Crippen molar-refractivity contribution < 1.29 is 9.72 Å². The summed E-state index contributed by atoms with van der Waals surface area (Å²) in [5, 5.41) is 12.0. The fraction of sp³-hybridized carbons (Fsp3) is 0. The number of fused-ring (bicyclic) bond motifs is 1. The van der Waals surface area contributed by atoms with Crippen LogP contribution in [0.3, 0.4) is 0 Å². The highest BCUT2D eigenvalue weighted by Gasteiger charge is 2.18. The second-order valence-corrected chi connectivity index (χ2v) is 4.33. The summed E-state index contributed by atoms with van der Waals surface area (Å²) in [5.41, 5.74) is 1.52. The third-order valence-electron chi connectivity index (χ3n) is 3.18. The maximum atomic E-state index is 11.3. The summed E-state index contributed by atoms with van der Waals surface area (Å²) in [4.78, 5) is 22.0. The van der Waals surface area contributed by atoms with Crippen LogP contribution in [0.15, 0.2) is 54.6 Å². The molecule has 0 aliphatic carbocycles. The van der Waals surface area contributed by atoms with Gasteiger partial charge in [0.2, 0.25) is 0 Å². The van der Waals surface area contributed by atoms with Gasteiger partial charge in [-0.2, -0.15) is 0 Å². The smallest absolute Gasteiger partial charge is 0.293 e. The van der Waals surface area contributed by atoms with E-state index in [1.54, 1.807) is 28.8 Å². The van der Waals surface area contributed by atoms with E-state index in [1.807, 2.05) is 24.3 Å². The minimum Gasteiger partial charge on any atom is -0.301 e. The van der Waals surface area contributed by atoms with Crippen LogP contribution in [0, 0.1) is 10.1 Å². The van der Waals surface area contributed by atoms with E-state index in [0.717, 1.165) is 10.9 Å². The Bertz CT molecular complexity index is 821. The molecule has 5 nitrogen and oxygen atoms in total. The molecule has 0 aliphatic rings. The van der Waals surface area contributed by atoms with Gasteiger partial charge in [0.15, 0.2) is 6.29 Å². The van der Waals surface area contributed by atoms with Crippen LogP contribution in [0.4, 0.5) is 5.69 Å². The van der Waals surface area contributed by atoms with Gasteiger partial charge in [-0.1, -0.05) is 30.3 Å². The third-order valence-corrected chi connectivity index (χ3v) is 3.18. The lowest BCUT2D eigenvalue weighted by Gasteiger charge is -2.08. The Balaban J connectivity index is 2.40. The van der Waals surface area contributed by atoms with E-state index in [4.69, 9.17) is 0 Å². The van der Waals surface area contributed by atoms with E-state index < -0.39 is 4.92 Å². The van der Waals surface area contributed by atoms with Gasteiger partial charge in [0.25, 0.3) is 5.69 Å². The molecular formula is C15H10N2O3. The Morgan fingerprint density at radius 1 is 1.05 bits per heavy atom. The van der Waals surface area contributed by atoms with Gasteiger partial charge in [0, 0.05) is 11.5 Å². The third kappa shape index (κ3) is 1.76. The van der Waals surface area contributed by atoms with Crippen molar-refractivity contribution in [3.8, 4) is 5.69 Å². The molecule has 0 saturated carbocycles. The molecule has 0 radical (unpaired) electrons. The van der Waals surface area contributed by atoms with Gasteiger partial charge >= 0.3 is 0 Å². The van der Waals surface area contributed by atoms with Crippen LogP contribution >= 0.6 is 0 Å². The molecule has 0 amide bonds. The molecule has 2 aromatic carbocycles. The molecule has 0 aliphatic heterocycles. The molecule has 0 unspecified atom stereocenters. The number of carbonyl (C=O) groups is 1. The number of benzene rings is 2. The number of nitrogens with zero attached hydrogens (tertiary/aromatic N) is 2.